The van der Waals surface area contributed by atoms with Crippen LogP contribution < -0.4 is 20.1 Å². The van der Waals surface area contributed by atoms with Gasteiger partial charge >= 0.3 is 0 Å². The number of nitrogens with one attached hydrogen (secondary N) is 2. The van der Waals surface area contributed by atoms with E-state index in [1.54, 1.807) is 44.6 Å². The minimum absolute atomic E-state index is 0.242. The lowest BCUT2D eigenvalue weighted by atomic mass is 10.2. The van der Waals surface area contributed by atoms with Crippen LogP contribution in [-0.2, 0) is 0 Å². The highest BCUT2D eigenvalue weighted by atomic mass is 16.5. The molecule has 6 heteroatoms. The normalized spacial score (nSPS) is 10.3. The Labute approximate surface area is 135 Å². The van der Waals surface area contributed by atoms with Crippen molar-refractivity contribution in [2.75, 3.05) is 24.9 Å². The summed E-state index contributed by atoms with van der Waals surface area (Å²) in [6.07, 6.45) is 0. The van der Waals surface area contributed by atoms with Gasteiger partial charge in [0.2, 0.25) is 0 Å². The average Bonchev–Trinajstić information content (AvgIpc) is 2.54. The van der Waals surface area contributed by atoms with Gasteiger partial charge in [-0.2, -0.15) is 0 Å². The van der Waals surface area contributed by atoms with Gasteiger partial charge in [-0.05, 0) is 38.1 Å². The quantitative estimate of drug-likeness (QED) is 0.856. The zero-order valence-electron chi connectivity index (χ0n) is 13.7. The molecular weight excluding hydrogens is 294 g/mol. The molecule has 0 aliphatic heterocycles. The Bertz CT molecular complexity index is 687. The van der Waals surface area contributed by atoms with Crippen molar-refractivity contribution < 1.29 is 14.3 Å². The molecule has 1 aromatic heterocycles. The molecular formula is C17H21N3O3. The third kappa shape index (κ3) is 4.35. The smallest absolute Gasteiger partial charge is 0.274 e. The van der Waals surface area contributed by atoms with Gasteiger partial charge < -0.3 is 20.1 Å². The highest BCUT2D eigenvalue weighted by Crippen LogP contribution is 2.29. The van der Waals surface area contributed by atoms with E-state index in [4.69, 9.17) is 9.47 Å². The third-order valence-corrected chi connectivity index (χ3v) is 3.06. The molecule has 0 spiro atoms. The van der Waals surface area contributed by atoms with Gasteiger partial charge in [0.1, 0.15) is 11.5 Å². The van der Waals surface area contributed by atoms with E-state index < -0.39 is 0 Å². The van der Waals surface area contributed by atoms with Gasteiger partial charge in [-0.1, -0.05) is 6.07 Å². The van der Waals surface area contributed by atoms with Crippen LogP contribution in [0.4, 0.5) is 11.5 Å². The Morgan fingerprint density at radius 1 is 1.09 bits per heavy atom. The van der Waals surface area contributed by atoms with Crippen LogP contribution in [0.15, 0.2) is 36.4 Å². The second-order valence-electron chi connectivity index (χ2n) is 5.23. The summed E-state index contributed by atoms with van der Waals surface area (Å²) in [7, 11) is 3.11. The van der Waals surface area contributed by atoms with Crippen molar-refractivity contribution >= 4 is 17.4 Å². The number of hydrogen-bond donors (Lipinski definition) is 2. The van der Waals surface area contributed by atoms with E-state index in [0.717, 1.165) is 0 Å². The standard InChI is InChI=1S/C17H21N3O3/c1-11(2)18-16-7-5-6-13(20-16)17(21)19-12-8-9-14(22-3)15(10-12)23-4/h5-11H,1-4H3,(H,18,20)(H,19,21). The van der Waals surface area contributed by atoms with E-state index in [1.165, 1.54) is 0 Å². The minimum atomic E-state index is -0.287. The molecule has 0 radical (unpaired) electrons. The highest BCUT2D eigenvalue weighted by molar-refractivity contribution is 6.03. The summed E-state index contributed by atoms with van der Waals surface area (Å²) in [4.78, 5) is 16.6. The molecule has 0 aliphatic rings. The van der Waals surface area contributed by atoms with Crippen LogP contribution in [0.2, 0.25) is 0 Å². The molecule has 2 aromatic rings. The summed E-state index contributed by atoms with van der Waals surface area (Å²) >= 11 is 0. The molecule has 0 atom stereocenters. The summed E-state index contributed by atoms with van der Waals surface area (Å²) in [5.41, 5.74) is 0.946. The highest BCUT2D eigenvalue weighted by Gasteiger charge is 2.11. The first-order valence-electron chi connectivity index (χ1n) is 7.30. The predicted octanol–water partition coefficient (Wildman–Crippen LogP) is 3.17. The summed E-state index contributed by atoms with van der Waals surface area (Å²) < 4.78 is 10.4. The van der Waals surface area contributed by atoms with Crippen molar-refractivity contribution in [3.05, 3.63) is 42.1 Å². The first kappa shape index (κ1) is 16.6. The van der Waals surface area contributed by atoms with Gasteiger partial charge in [0.15, 0.2) is 11.5 Å². The van der Waals surface area contributed by atoms with Crippen molar-refractivity contribution in [3.63, 3.8) is 0 Å². The lowest BCUT2D eigenvalue weighted by molar-refractivity contribution is 0.102. The summed E-state index contributed by atoms with van der Waals surface area (Å²) in [5, 5.41) is 5.97. The Balaban J connectivity index is 2.15. The molecule has 0 bridgehead atoms. The first-order chi connectivity index (χ1) is 11.0. The fourth-order valence-corrected chi connectivity index (χ4v) is 2.05. The van der Waals surface area contributed by atoms with Crippen LogP contribution in [0, 0.1) is 0 Å². The van der Waals surface area contributed by atoms with Crippen molar-refractivity contribution in [2.45, 2.75) is 19.9 Å². The second-order valence-corrected chi connectivity index (χ2v) is 5.23. The molecule has 0 fully saturated rings. The number of ether oxygens (including phenoxy) is 2. The number of aromatic nitrogens is 1. The molecule has 0 aliphatic carbocycles. The van der Waals surface area contributed by atoms with Crippen molar-refractivity contribution in [2.24, 2.45) is 0 Å². The Morgan fingerprint density at radius 3 is 2.48 bits per heavy atom. The number of pyridine rings is 1. The van der Waals surface area contributed by atoms with Crippen molar-refractivity contribution in [3.8, 4) is 11.5 Å². The molecule has 1 amide bonds. The minimum Gasteiger partial charge on any atom is -0.493 e. The second kappa shape index (κ2) is 7.49. The van der Waals surface area contributed by atoms with E-state index >= 15 is 0 Å². The third-order valence-electron chi connectivity index (χ3n) is 3.06. The molecule has 1 heterocycles. The van der Waals surface area contributed by atoms with Gasteiger partial charge in [-0.3, -0.25) is 4.79 Å². The van der Waals surface area contributed by atoms with Gasteiger partial charge in [0, 0.05) is 17.8 Å². The van der Waals surface area contributed by atoms with Crippen molar-refractivity contribution in [1.29, 1.82) is 0 Å². The number of benzene rings is 1. The maximum atomic E-state index is 12.3. The van der Waals surface area contributed by atoms with E-state index in [9.17, 15) is 4.79 Å². The lowest BCUT2D eigenvalue weighted by Crippen LogP contribution is -2.16. The van der Waals surface area contributed by atoms with Gasteiger partial charge in [0.05, 0.1) is 14.2 Å². The van der Waals surface area contributed by atoms with Gasteiger partial charge in [0.25, 0.3) is 5.91 Å². The van der Waals surface area contributed by atoms with Gasteiger partial charge in [-0.15, -0.1) is 0 Å². The van der Waals surface area contributed by atoms with E-state index in [0.29, 0.717) is 28.7 Å². The number of hydrogen-bond acceptors (Lipinski definition) is 5. The van der Waals surface area contributed by atoms with E-state index in [-0.39, 0.29) is 11.9 Å². The van der Waals surface area contributed by atoms with E-state index in [1.807, 2.05) is 19.9 Å². The average molecular weight is 315 g/mol. The largest absolute Gasteiger partial charge is 0.493 e. The number of rotatable bonds is 6. The number of carbonyl (C=O) groups excluding carboxylic acids is 1. The van der Waals surface area contributed by atoms with Crippen LogP contribution in [0.25, 0.3) is 0 Å². The number of carbonyl (C=O) groups is 1. The SMILES string of the molecule is COc1ccc(NC(=O)c2cccc(NC(C)C)n2)cc1OC. The van der Waals surface area contributed by atoms with Crippen LogP contribution >= 0.6 is 0 Å². The number of methoxy groups -OCH3 is 2. The van der Waals surface area contributed by atoms with Crippen molar-refractivity contribution in [1.82, 2.24) is 4.98 Å². The predicted molar refractivity (Wildman–Crippen MR) is 90.5 cm³/mol. The van der Waals surface area contributed by atoms with E-state index in [2.05, 4.69) is 15.6 Å². The zero-order valence-corrected chi connectivity index (χ0v) is 13.7. The summed E-state index contributed by atoms with van der Waals surface area (Å²) in [6, 6.07) is 10.7. The fourth-order valence-electron chi connectivity index (χ4n) is 2.05. The topological polar surface area (TPSA) is 72.5 Å². The fraction of sp³-hybridized carbons (Fsp3) is 0.294. The summed E-state index contributed by atoms with van der Waals surface area (Å²) in [6.45, 7) is 4.02. The first-order valence-corrected chi connectivity index (χ1v) is 7.30. The van der Waals surface area contributed by atoms with Gasteiger partial charge in [-0.25, -0.2) is 4.98 Å². The number of amides is 1. The van der Waals surface area contributed by atoms with Crippen LogP contribution in [-0.4, -0.2) is 31.2 Å². The Kier molecular flexibility index (Phi) is 5.41. The van der Waals surface area contributed by atoms with Crippen LogP contribution in [0.5, 0.6) is 11.5 Å². The lowest BCUT2D eigenvalue weighted by Gasteiger charge is -2.12. The maximum Gasteiger partial charge on any atom is 0.274 e. The number of nitrogens with zero attached hydrogens (tertiary/aromatic N) is 1. The molecule has 0 saturated carbocycles. The summed E-state index contributed by atoms with van der Waals surface area (Å²) in [5.74, 6) is 1.53. The van der Waals surface area contributed by atoms with Crippen LogP contribution in [0.1, 0.15) is 24.3 Å². The molecule has 2 N–H and O–H groups in total. The molecule has 2 rings (SSSR count). The Hall–Kier alpha value is -2.76. The Morgan fingerprint density at radius 2 is 1.83 bits per heavy atom. The molecule has 122 valence electrons. The molecule has 0 saturated heterocycles. The number of anilines is 2. The molecule has 1 aromatic carbocycles. The van der Waals surface area contributed by atoms with Crippen LogP contribution in [0.3, 0.4) is 0 Å². The zero-order chi connectivity index (χ0) is 16.8. The maximum absolute atomic E-state index is 12.3. The molecule has 0 unspecified atom stereocenters. The molecule has 23 heavy (non-hydrogen) atoms. The molecule has 6 nitrogen and oxygen atoms in total. The monoisotopic (exact) mass is 315 g/mol.